The lowest BCUT2D eigenvalue weighted by atomic mass is 10.1. The van der Waals surface area contributed by atoms with Gasteiger partial charge in [-0.05, 0) is 30.0 Å². The predicted octanol–water partition coefficient (Wildman–Crippen LogP) is 3.37. The van der Waals surface area contributed by atoms with Crippen molar-refractivity contribution in [3.63, 3.8) is 0 Å². The minimum atomic E-state index is 0.0656. The lowest BCUT2D eigenvalue weighted by molar-refractivity contribution is -0.121. The topological polar surface area (TPSA) is 42.0 Å². The summed E-state index contributed by atoms with van der Waals surface area (Å²) in [5, 5.41) is 3.34. The molecule has 0 saturated carbocycles. The maximum Gasteiger partial charge on any atom is 0.220 e. The zero-order valence-electron chi connectivity index (χ0n) is 11.2. The summed E-state index contributed by atoms with van der Waals surface area (Å²) in [6, 6.07) is 13.8. The lowest BCUT2D eigenvalue weighted by Crippen LogP contribution is -2.22. The van der Waals surface area contributed by atoms with Crippen LogP contribution in [0.25, 0.3) is 0 Å². The summed E-state index contributed by atoms with van der Waals surface area (Å²) in [5.41, 5.74) is 2.22. The van der Waals surface area contributed by atoms with Gasteiger partial charge in [-0.1, -0.05) is 48.0 Å². The van der Waals surface area contributed by atoms with Gasteiger partial charge in [0.1, 0.15) is 5.15 Å². The normalized spacial score (nSPS) is 10.2. The van der Waals surface area contributed by atoms with Crippen LogP contribution in [0.1, 0.15) is 24.0 Å². The predicted molar refractivity (Wildman–Crippen MR) is 80.5 cm³/mol. The van der Waals surface area contributed by atoms with Crippen LogP contribution >= 0.6 is 11.6 Å². The molecule has 1 aromatic heterocycles. The van der Waals surface area contributed by atoms with Crippen LogP contribution in [0.3, 0.4) is 0 Å². The number of aryl methyl sites for hydroxylation is 1. The Morgan fingerprint density at radius 3 is 2.60 bits per heavy atom. The highest BCUT2D eigenvalue weighted by Gasteiger charge is 2.02. The molecule has 20 heavy (non-hydrogen) atoms. The quantitative estimate of drug-likeness (QED) is 0.828. The van der Waals surface area contributed by atoms with Gasteiger partial charge in [-0.3, -0.25) is 4.79 Å². The fourth-order valence-electron chi connectivity index (χ4n) is 1.90. The second-order valence-electron chi connectivity index (χ2n) is 4.61. The summed E-state index contributed by atoms with van der Waals surface area (Å²) in [5.74, 6) is 0.0656. The number of hydrogen-bond acceptors (Lipinski definition) is 2. The minimum absolute atomic E-state index is 0.0656. The zero-order chi connectivity index (χ0) is 14.2. The molecule has 0 radical (unpaired) electrons. The molecular formula is C16H17ClN2O. The van der Waals surface area contributed by atoms with E-state index in [1.54, 1.807) is 12.3 Å². The summed E-state index contributed by atoms with van der Waals surface area (Å²) in [6.45, 7) is 0.494. The summed E-state index contributed by atoms with van der Waals surface area (Å²) >= 11 is 5.70. The monoisotopic (exact) mass is 288 g/mol. The number of nitrogens with zero attached hydrogens (tertiary/aromatic N) is 1. The van der Waals surface area contributed by atoms with Crippen molar-refractivity contribution < 1.29 is 4.79 Å². The van der Waals surface area contributed by atoms with Crippen molar-refractivity contribution in [3.8, 4) is 0 Å². The highest BCUT2D eigenvalue weighted by molar-refractivity contribution is 6.29. The molecule has 0 unspecified atom stereocenters. The summed E-state index contributed by atoms with van der Waals surface area (Å²) in [7, 11) is 0. The summed E-state index contributed by atoms with van der Waals surface area (Å²) in [4.78, 5) is 15.7. The van der Waals surface area contributed by atoms with Crippen LogP contribution in [-0.4, -0.2) is 10.9 Å². The number of carbonyl (C=O) groups is 1. The molecule has 0 saturated heterocycles. The maximum absolute atomic E-state index is 11.7. The molecule has 104 valence electrons. The third-order valence-corrected chi connectivity index (χ3v) is 3.21. The molecular weight excluding hydrogens is 272 g/mol. The number of amides is 1. The van der Waals surface area contributed by atoms with Crippen LogP contribution in [-0.2, 0) is 17.8 Å². The first kappa shape index (κ1) is 14.5. The molecule has 0 aliphatic carbocycles. The van der Waals surface area contributed by atoms with Gasteiger partial charge in [-0.25, -0.2) is 4.98 Å². The van der Waals surface area contributed by atoms with E-state index in [2.05, 4.69) is 22.4 Å². The Labute approximate surface area is 124 Å². The standard InChI is InChI=1S/C16H17ClN2O/c17-15-10-9-14(11-18-15)12-19-16(20)8-4-7-13-5-2-1-3-6-13/h1-3,5-6,9-11H,4,7-8,12H2,(H,19,20). The van der Waals surface area contributed by atoms with Gasteiger partial charge < -0.3 is 5.32 Å². The van der Waals surface area contributed by atoms with Crippen molar-refractivity contribution in [2.24, 2.45) is 0 Å². The van der Waals surface area contributed by atoms with E-state index in [-0.39, 0.29) is 5.91 Å². The molecule has 0 spiro atoms. The molecule has 4 heteroatoms. The van der Waals surface area contributed by atoms with Crippen LogP contribution in [0.4, 0.5) is 0 Å². The fraction of sp³-hybridized carbons (Fsp3) is 0.250. The minimum Gasteiger partial charge on any atom is -0.352 e. The van der Waals surface area contributed by atoms with Crippen LogP contribution in [0.2, 0.25) is 5.15 Å². The SMILES string of the molecule is O=C(CCCc1ccccc1)NCc1ccc(Cl)nc1. The molecule has 2 aromatic rings. The van der Waals surface area contributed by atoms with Crippen LogP contribution in [0, 0.1) is 0 Å². The summed E-state index contributed by atoms with van der Waals surface area (Å²) in [6.07, 6.45) is 3.99. The fourth-order valence-corrected chi connectivity index (χ4v) is 2.01. The molecule has 0 fully saturated rings. The van der Waals surface area contributed by atoms with Gasteiger partial charge in [0.2, 0.25) is 5.91 Å². The van der Waals surface area contributed by atoms with Crippen LogP contribution in [0.15, 0.2) is 48.7 Å². The van der Waals surface area contributed by atoms with Gasteiger partial charge in [0, 0.05) is 19.2 Å². The molecule has 2 rings (SSSR count). The van der Waals surface area contributed by atoms with E-state index in [0.29, 0.717) is 18.1 Å². The Morgan fingerprint density at radius 2 is 1.90 bits per heavy atom. The van der Waals surface area contributed by atoms with Crippen molar-refractivity contribution in [3.05, 3.63) is 64.9 Å². The molecule has 1 aromatic carbocycles. The van der Waals surface area contributed by atoms with Crippen LogP contribution < -0.4 is 5.32 Å². The number of rotatable bonds is 6. The number of aromatic nitrogens is 1. The zero-order valence-corrected chi connectivity index (χ0v) is 11.9. The third-order valence-electron chi connectivity index (χ3n) is 2.99. The molecule has 3 nitrogen and oxygen atoms in total. The second-order valence-corrected chi connectivity index (χ2v) is 4.99. The molecule has 0 aliphatic rings. The Kier molecular flexibility index (Phi) is 5.56. The van der Waals surface area contributed by atoms with Crippen molar-refractivity contribution in [2.75, 3.05) is 0 Å². The van der Waals surface area contributed by atoms with E-state index >= 15 is 0 Å². The van der Waals surface area contributed by atoms with Gasteiger partial charge in [0.05, 0.1) is 0 Å². The van der Waals surface area contributed by atoms with Gasteiger partial charge in [-0.2, -0.15) is 0 Å². The maximum atomic E-state index is 11.7. The second kappa shape index (κ2) is 7.65. The summed E-state index contributed by atoms with van der Waals surface area (Å²) < 4.78 is 0. The van der Waals surface area contributed by atoms with E-state index in [9.17, 15) is 4.79 Å². The number of pyridine rings is 1. The first-order chi connectivity index (χ1) is 9.74. The van der Waals surface area contributed by atoms with Crippen molar-refractivity contribution in [2.45, 2.75) is 25.8 Å². The van der Waals surface area contributed by atoms with Crippen LogP contribution in [0.5, 0.6) is 0 Å². The lowest BCUT2D eigenvalue weighted by Gasteiger charge is -2.05. The first-order valence-electron chi connectivity index (χ1n) is 6.65. The van der Waals surface area contributed by atoms with E-state index in [4.69, 9.17) is 11.6 Å². The number of nitrogens with one attached hydrogen (secondary N) is 1. The highest BCUT2D eigenvalue weighted by atomic mass is 35.5. The van der Waals surface area contributed by atoms with Crippen molar-refractivity contribution in [1.29, 1.82) is 0 Å². The molecule has 1 heterocycles. The van der Waals surface area contributed by atoms with Gasteiger partial charge >= 0.3 is 0 Å². The van der Waals surface area contributed by atoms with Gasteiger partial charge in [-0.15, -0.1) is 0 Å². The van der Waals surface area contributed by atoms with E-state index in [0.717, 1.165) is 18.4 Å². The molecule has 1 N–H and O–H groups in total. The number of halogens is 1. The Morgan fingerprint density at radius 1 is 1.10 bits per heavy atom. The van der Waals surface area contributed by atoms with E-state index < -0.39 is 0 Å². The number of carbonyl (C=O) groups excluding carboxylic acids is 1. The largest absolute Gasteiger partial charge is 0.352 e. The number of hydrogen-bond donors (Lipinski definition) is 1. The third kappa shape index (κ3) is 5.02. The van der Waals surface area contributed by atoms with Gasteiger partial charge in [0.25, 0.3) is 0 Å². The van der Waals surface area contributed by atoms with Crippen molar-refractivity contribution >= 4 is 17.5 Å². The molecule has 0 bridgehead atoms. The average molecular weight is 289 g/mol. The first-order valence-corrected chi connectivity index (χ1v) is 7.03. The van der Waals surface area contributed by atoms with E-state index in [1.165, 1.54) is 5.56 Å². The number of benzene rings is 1. The molecule has 1 amide bonds. The average Bonchev–Trinajstić information content (AvgIpc) is 2.48. The van der Waals surface area contributed by atoms with Gasteiger partial charge in [0.15, 0.2) is 0 Å². The highest BCUT2D eigenvalue weighted by Crippen LogP contribution is 2.06. The van der Waals surface area contributed by atoms with E-state index in [1.807, 2.05) is 24.3 Å². The molecule has 0 atom stereocenters. The Balaban J connectivity index is 1.67. The Bertz CT molecular complexity index is 540. The Hall–Kier alpha value is -1.87. The van der Waals surface area contributed by atoms with Crippen molar-refractivity contribution in [1.82, 2.24) is 10.3 Å². The molecule has 0 aliphatic heterocycles. The smallest absolute Gasteiger partial charge is 0.220 e.